The molecule has 1 N–H and O–H groups in total. The van der Waals surface area contributed by atoms with E-state index in [9.17, 15) is 9.90 Å². The summed E-state index contributed by atoms with van der Waals surface area (Å²) < 4.78 is 5.48. The van der Waals surface area contributed by atoms with Crippen LogP contribution in [0, 0.1) is 6.92 Å². The summed E-state index contributed by atoms with van der Waals surface area (Å²) in [5.41, 5.74) is 2.56. The number of benzene rings is 2. The summed E-state index contributed by atoms with van der Waals surface area (Å²) in [6.45, 7) is 4.39. The van der Waals surface area contributed by atoms with Gasteiger partial charge >= 0.3 is 5.97 Å². The van der Waals surface area contributed by atoms with Gasteiger partial charge in [-0.05, 0) is 60.9 Å². The van der Waals surface area contributed by atoms with Gasteiger partial charge in [-0.15, -0.1) is 0 Å². The molecule has 0 aromatic heterocycles. The summed E-state index contributed by atoms with van der Waals surface area (Å²) >= 11 is 5.84. The highest BCUT2D eigenvalue weighted by molar-refractivity contribution is 6.30. The first-order chi connectivity index (χ1) is 10.5. The number of carboxylic acids is 1. The molecule has 0 heterocycles. The van der Waals surface area contributed by atoms with Crippen LogP contribution in [-0.4, -0.2) is 17.7 Å². The lowest BCUT2D eigenvalue weighted by molar-refractivity contribution is -0.130. The molecule has 22 heavy (non-hydrogen) atoms. The Hall–Kier alpha value is -2.26. The zero-order chi connectivity index (χ0) is 16.1. The van der Waals surface area contributed by atoms with E-state index in [0.717, 1.165) is 16.9 Å². The molecule has 114 valence electrons. The molecule has 0 saturated carbocycles. The summed E-state index contributed by atoms with van der Waals surface area (Å²) in [6.07, 6.45) is 1.63. The smallest absolute Gasteiger partial charge is 0.336 e. The van der Waals surface area contributed by atoms with Crippen molar-refractivity contribution in [2.24, 2.45) is 0 Å². The third kappa shape index (κ3) is 3.89. The van der Waals surface area contributed by atoms with E-state index in [4.69, 9.17) is 16.3 Å². The van der Waals surface area contributed by atoms with Crippen LogP contribution >= 0.6 is 11.6 Å². The summed E-state index contributed by atoms with van der Waals surface area (Å²) in [5.74, 6) is -0.207. The van der Waals surface area contributed by atoms with Crippen LogP contribution in [0.15, 0.2) is 42.5 Å². The lowest BCUT2D eigenvalue weighted by Gasteiger charge is -2.10. The van der Waals surface area contributed by atoms with Crippen LogP contribution in [0.25, 0.3) is 11.6 Å². The molecule has 3 nitrogen and oxygen atoms in total. The van der Waals surface area contributed by atoms with Crippen molar-refractivity contribution in [2.45, 2.75) is 13.8 Å². The maximum absolute atomic E-state index is 11.6. The van der Waals surface area contributed by atoms with Crippen molar-refractivity contribution in [1.29, 1.82) is 0 Å². The first-order valence-electron chi connectivity index (χ1n) is 6.95. The minimum absolute atomic E-state index is 0.230. The van der Waals surface area contributed by atoms with Crippen molar-refractivity contribution in [3.63, 3.8) is 0 Å². The van der Waals surface area contributed by atoms with E-state index < -0.39 is 5.97 Å². The average Bonchev–Trinajstić information content (AvgIpc) is 2.48. The maximum Gasteiger partial charge on any atom is 0.336 e. The molecule has 0 unspecified atom stereocenters. The fourth-order valence-corrected chi connectivity index (χ4v) is 2.25. The highest BCUT2D eigenvalue weighted by Gasteiger charge is 2.12. The molecule has 0 aliphatic rings. The van der Waals surface area contributed by atoms with E-state index in [0.29, 0.717) is 17.2 Å². The Morgan fingerprint density at radius 1 is 1.23 bits per heavy atom. The molecular formula is C18H17ClO3. The van der Waals surface area contributed by atoms with Gasteiger partial charge in [0.15, 0.2) is 0 Å². The van der Waals surface area contributed by atoms with E-state index in [1.54, 1.807) is 42.5 Å². The van der Waals surface area contributed by atoms with Crippen molar-refractivity contribution >= 4 is 29.2 Å². The number of halogens is 1. The Morgan fingerprint density at radius 2 is 1.91 bits per heavy atom. The Balaban J connectivity index is 2.42. The quantitative estimate of drug-likeness (QED) is 0.644. The zero-order valence-corrected chi connectivity index (χ0v) is 13.2. The zero-order valence-electron chi connectivity index (χ0n) is 12.5. The fourth-order valence-electron chi connectivity index (χ4n) is 2.13. The number of carbonyl (C=O) groups is 1. The number of ether oxygens (including phenoxy) is 1. The first kappa shape index (κ1) is 16.1. The SMILES string of the molecule is CCOc1ccc(/C(=C/c2ccc(Cl)cc2)C(=O)O)cc1C. The lowest BCUT2D eigenvalue weighted by Crippen LogP contribution is -2.01. The molecule has 0 amide bonds. The molecule has 0 fully saturated rings. The topological polar surface area (TPSA) is 46.5 Å². The first-order valence-corrected chi connectivity index (χ1v) is 7.33. The van der Waals surface area contributed by atoms with Crippen LogP contribution in [0.3, 0.4) is 0 Å². The Morgan fingerprint density at radius 3 is 2.45 bits per heavy atom. The van der Waals surface area contributed by atoms with Gasteiger partial charge in [-0.3, -0.25) is 0 Å². The van der Waals surface area contributed by atoms with Gasteiger partial charge in [0.2, 0.25) is 0 Å². The highest BCUT2D eigenvalue weighted by Crippen LogP contribution is 2.25. The Labute approximate surface area is 134 Å². The van der Waals surface area contributed by atoms with Crippen molar-refractivity contribution in [1.82, 2.24) is 0 Å². The van der Waals surface area contributed by atoms with Gasteiger partial charge in [0, 0.05) is 5.02 Å². The van der Waals surface area contributed by atoms with E-state index in [-0.39, 0.29) is 5.57 Å². The summed E-state index contributed by atoms with van der Waals surface area (Å²) in [5, 5.41) is 10.1. The standard InChI is InChI=1S/C18H17ClO3/c1-3-22-17-9-6-14(10-12(17)2)16(18(20)21)11-13-4-7-15(19)8-5-13/h4-11H,3H2,1-2H3,(H,20,21)/b16-11-. The fraction of sp³-hybridized carbons (Fsp3) is 0.167. The number of carboxylic acid groups (broad SMARTS) is 1. The predicted octanol–water partition coefficient (Wildman–Crippen LogP) is 4.67. The summed E-state index contributed by atoms with van der Waals surface area (Å²) in [4.78, 5) is 11.6. The molecule has 2 aromatic rings. The molecule has 2 rings (SSSR count). The van der Waals surface area contributed by atoms with Crippen LogP contribution in [-0.2, 0) is 4.79 Å². The molecule has 0 aliphatic heterocycles. The number of hydrogen-bond donors (Lipinski definition) is 1. The van der Waals surface area contributed by atoms with Gasteiger partial charge in [0.1, 0.15) is 5.75 Å². The van der Waals surface area contributed by atoms with E-state index in [2.05, 4.69) is 0 Å². The third-order valence-corrected chi connectivity index (χ3v) is 3.45. The number of aryl methyl sites for hydroxylation is 1. The van der Waals surface area contributed by atoms with Gasteiger partial charge in [-0.25, -0.2) is 4.79 Å². The normalized spacial score (nSPS) is 11.3. The van der Waals surface area contributed by atoms with E-state index in [1.807, 2.05) is 19.9 Å². The Kier molecular flexibility index (Phi) is 5.23. The lowest BCUT2D eigenvalue weighted by atomic mass is 10.0. The Bertz CT molecular complexity index is 703. The third-order valence-electron chi connectivity index (χ3n) is 3.20. The van der Waals surface area contributed by atoms with Crippen molar-refractivity contribution < 1.29 is 14.6 Å². The van der Waals surface area contributed by atoms with Crippen molar-refractivity contribution in [2.75, 3.05) is 6.61 Å². The van der Waals surface area contributed by atoms with Gasteiger partial charge in [-0.2, -0.15) is 0 Å². The molecular weight excluding hydrogens is 300 g/mol. The van der Waals surface area contributed by atoms with Crippen molar-refractivity contribution in [3.05, 3.63) is 64.2 Å². The van der Waals surface area contributed by atoms with Crippen LogP contribution in [0.1, 0.15) is 23.6 Å². The molecule has 0 saturated heterocycles. The van der Waals surface area contributed by atoms with Crippen molar-refractivity contribution in [3.8, 4) is 5.75 Å². The maximum atomic E-state index is 11.6. The van der Waals surface area contributed by atoms with Gasteiger partial charge in [0.05, 0.1) is 12.2 Å². The molecule has 2 aromatic carbocycles. The second-order valence-corrected chi connectivity index (χ2v) is 5.26. The number of rotatable bonds is 5. The second kappa shape index (κ2) is 7.14. The molecule has 0 radical (unpaired) electrons. The minimum atomic E-state index is -0.974. The number of hydrogen-bond acceptors (Lipinski definition) is 2. The minimum Gasteiger partial charge on any atom is -0.494 e. The monoisotopic (exact) mass is 316 g/mol. The van der Waals surface area contributed by atoms with E-state index >= 15 is 0 Å². The van der Waals surface area contributed by atoms with Crippen LogP contribution in [0.2, 0.25) is 5.02 Å². The van der Waals surface area contributed by atoms with Crippen LogP contribution in [0.5, 0.6) is 5.75 Å². The largest absolute Gasteiger partial charge is 0.494 e. The molecule has 0 atom stereocenters. The average molecular weight is 317 g/mol. The van der Waals surface area contributed by atoms with Crippen LogP contribution in [0.4, 0.5) is 0 Å². The second-order valence-electron chi connectivity index (χ2n) is 4.83. The van der Waals surface area contributed by atoms with Gasteiger partial charge in [-0.1, -0.05) is 29.8 Å². The highest BCUT2D eigenvalue weighted by atomic mass is 35.5. The van der Waals surface area contributed by atoms with Crippen LogP contribution < -0.4 is 4.74 Å². The van der Waals surface area contributed by atoms with Gasteiger partial charge in [0.25, 0.3) is 0 Å². The molecule has 0 bridgehead atoms. The summed E-state index contributed by atoms with van der Waals surface area (Å²) in [6, 6.07) is 12.4. The molecule has 0 aliphatic carbocycles. The predicted molar refractivity (Wildman–Crippen MR) is 89.3 cm³/mol. The molecule has 4 heteroatoms. The summed E-state index contributed by atoms with van der Waals surface area (Å²) in [7, 11) is 0. The number of aliphatic carboxylic acids is 1. The molecule has 0 spiro atoms. The van der Waals surface area contributed by atoms with E-state index in [1.165, 1.54) is 0 Å². The van der Waals surface area contributed by atoms with Gasteiger partial charge < -0.3 is 9.84 Å².